The van der Waals surface area contributed by atoms with Gasteiger partial charge in [-0.1, -0.05) is 0 Å². The fraction of sp³-hybridized carbons (Fsp3) is 0.231. The van der Waals surface area contributed by atoms with E-state index in [0.29, 0.717) is 17.2 Å². The Bertz CT molecular complexity index is 584. The largest absolute Gasteiger partial charge is 0.465 e. The summed E-state index contributed by atoms with van der Waals surface area (Å²) in [6.07, 6.45) is 4.82. The Kier molecular flexibility index (Phi) is 3.70. The summed E-state index contributed by atoms with van der Waals surface area (Å²) in [6, 6.07) is 3.67. The zero-order valence-electron chi connectivity index (χ0n) is 11.0. The van der Waals surface area contributed by atoms with E-state index in [4.69, 9.17) is 4.74 Å². The molecule has 2 aromatic rings. The van der Waals surface area contributed by atoms with Gasteiger partial charge in [0.05, 0.1) is 7.11 Å². The molecule has 0 saturated heterocycles. The number of rotatable bonds is 3. The third-order valence-corrected chi connectivity index (χ3v) is 2.52. The molecule has 0 atom stereocenters. The van der Waals surface area contributed by atoms with Crippen molar-refractivity contribution in [2.24, 2.45) is 0 Å². The van der Waals surface area contributed by atoms with Crippen molar-refractivity contribution in [1.29, 1.82) is 0 Å². The summed E-state index contributed by atoms with van der Waals surface area (Å²) in [5, 5.41) is 0. The lowest BCUT2D eigenvalue weighted by Crippen LogP contribution is -2.17. The molecule has 98 valence electrons. The number of aromatic nitrogens is 3. The summed E-state index contributed by atoms with van der Waals surface area (Å²) >= 11 is 0. The van der Waals surface area contributed by atoms with Gasteiger partial charge < -0.3 is 9.64 Å². The van der Waals surface area contributed by atoms with E-state index in [1.54, 1.807) is 17.3 Å². The van der Waals surface area contributed by atoms with Crippen LogP contribution in [0.5, 0.6) is 0 Å². The van der Waals surface area contributed by atoms with Crippen LogP contribution in [0.25, 0.3) is 11.4 Å². The summed E-state index contributed by atoms with van der Waals surface area (Å²) in [5.74, 6) is 0.576. The average Bonchev–Trinajstić information content (AvgIpc) is 2.46. The normalized spacial score (nSPS) is 10.1. The van der Waals surface area contributed by atoms with Crippen LogP contribution < -0.4 is 4.90 Å². The standard InChI is InChI=1S/C13H14N4O2/c1-17(2)12-10(13(18)19-3)8-15-11(16-12)9-5-4-6-14-7-9/h4-8H,1-3H3. The molecule has 2 heterocycles. The Labute approximate surface area is 111 Å². The predicted molar refractivity (Wildman–Crippen MR) is 70.9 cm³/mol. The number of carbonyl (C=O) groups excluding carboxylic acids is 1. The molecule has 0 spiro atoms. The zero-order valence-corrected chi connectivity index (χ0v) is 11.0. The second-order valence-electron chi connectivity index (χ2n) is 4.06. The van der Waals surface area contributed by atoms with Gasteiger partial charge in [-0.15, -0.1) is 0 Å². The van der Waals surface area contributed by atoms with Crippen LogP contribution in [-0.4, -0.2) is 42.1 Å². The molecule has 0 aliphatic carbocycles. The van der Waals surface area contributed by atoms with Crippen molar-refractivity contribution in [3.8, 4) is 11.4 Å². The Morgan fingerprint density at radius 3 is 2.68 bits per heavy atom. The van der Waals surface area contributed by atoms with E-state index < -0.39 is 5.97 Å². The molecule has 2 rings (SSSR count). The fourth-order valence-electron chi connectivity index (χ4n) is 1.60. The molecule has 0 saturated carbocycles. The number of carbonyl (C=O) groups is 1. The van der Waals surface area contributed by atoms with Crippen molar-refractivity contribution < 1.29 is 9.53 Å². The Hall–Kier alpha value is -2.50. The van der Waals surface area contributed by atoms with Crippen molar-refractivity contribution >= 4 is 11.8 Å². The molecule has 6 heteroatoms. The van der Waals surface area contributed by atoms with Gasteiger partial charge in [-0.05, 0) is 12.1 Å². The number of methoxy groups -OCH3 is 1. The van der Waals surface area contributed by atoms with Crippen LogP contribution in [0.15, 0.2) is 30.7 Å². The van der Waals surface area contributed by atoms with Gasteiger partial charge in [0.15, 0.2) is 5.82 Å². The lowest BCUT2D eigenvalue weighted by atomic mass is 10.2. The number of anilines is 1. The molecular formula is C13H14N4O2. The molecule has 2 aromatic heterocycles. The number of nitrogens with zero attached hydrogens (tertiary/aromatic N) is 4. The minimum Gasteiger partial charge on any atom is -0.465 e. The molecule has 0 radical (unpaired) electrons. The molecule has 19 heavy (non-hydrogen) atoms. The van der Waals surface area contributed by atoms with E-state index in [1.807, 2.05) is 26.2 Å². The van der Waals surface area contributed by atoms with E-state index in [1.165, 1.54) is 13.3 Å². The van der Waals surface area contributed by atoms with Crippen molar-refractivity contribution in [3.05, 3.63) is 36.3 Å². The molecule has 0 aliphatic heterocycles. The van der Waals surface area contributed by atoms with Gasteiger partial charge in [0.1, 0.15) is 11.4 Å². The Morgan fingerprint density at radius 2 is 2.11 bits per heavy atom. The molecule has 0 aliphatic rings. The molecule has 0 aromatic carbocycles. The van der Waals surface area contributed by atoms with Crippen LogP contribution in [0.2, 0.25) is 0 Å². The van der Waals surface area contributed by atoms with E-state index in [0.717, 1.165) is 5.56 Å². The van der Waals surface area contributed by atoms with Gasteiger partial charge in [0.25, 0.3) is 0 Å². The Balaban J connectivity index is 2.51. The molecule has 0 unspecified atom stereocenters. The SMILES string of the molecule is COC(=O)c1cnc(-c2cccnc2)nc1N(C)C. The smallest absolute Gasteiger partial charge is 0.343 e. The van der Waals surface area contributed by atoms with Crippen molar-refractivity contribution in [1.82, 2.24) is 15.0 Å². The average molecular weight is 258 g/mol. The molecule has 6 nitrogen and oxygen atoms in total. The first kappa shape index (κ1) is 12.9. The zero-order chi connectivity index (χ0) is 13.8. The highest BCUT2D eigenvalue weighted by Gasteiger charge is 2.17. The number of ether oxygens (including phenoxy) is 1. The number of pyridine rings is 1. The van der Waals surface area contributed by atoms with Crippen molar-refractivity contribution in [2.45, 2.75) is 0 Å². The lowest BCUT2D eigenvalue weighted by Gasteiger charge is -2.15. The maximum atomic E-state index is 11.6. The highest BCUT2D eigenvalue weighted by molar-refractivity contribution is 5.94. The number of hydrogen-bond donors (Lipinski definition) is 0. The van der Waals surface area contributed by atoms with Crippen LogP contribution in [0, 0.1) is 0 Å². The summed E-state index contributed by atoms with van der Waals surface area (Å²) < 4.78 is 4.71. The minimum absolute atomic E-state index is 0.333. The predicted octanol–water partition coefficient (Wildman–Crippen LogP) is 1.39. The topological polar surface area (TPSA) is 68.2 Å². The van der Waals surface area contributed by atoms with Gasteiger partial charge >= 0.3 is 5.97 Å². The maximum absolute atomic E-state index is 11.6. The highest BCUT2D eigenvalue weighted by atomic mass is 16.5. The third-order valence-electron chi connectivity index (χ3n) is 2.52. The molecule has 0 N–H and O–H groups in total. The van der Waals surface area contributed by atoms with Crippen LogP contribution in [0.1, 0.15) is 10.4 Å². The Morgan fingerprint density at radius 1 is 1.32 bits per heavy atom. The van der Waals surface area contributed by atoms with Crippen LogP contribution in [0.3, 0.4) is 0 Å². The first-order chi connectivity index (χ1) is 9.13. The quantitative estimate of drug-likeness (QED) is 0.775. The summed E-state index contributed by atoms with van der Waals surface area (Å²) in [4.78, 5) is 26.0. The lowest BCUT2D eigenvalue weighted by molar-refractivity contribution is 0.0600. The van der Waals surface area contributed by atoms with Gasteiger partial charge in [-0.25, -0.2) is 14.8 Å². The number of hydrogen-bond acceptors (Lipinski definition) is 6. The van der Waals surface area contributed by atoms with E-state index in [2.05, 4.69) is 15.0 Å². The van der Waals surface area contributed by atoms with E-state index in [-0.39, 0.29) is 0 Å². The maximum Gasteiger partial charge on any atom is 0.343 e. The first-order valence-electron chi connectivity index (χ1n) is 5.66. The van der Waals surface area contributed by atoms with Gasteiger partial charge in [0.2, 0.25) is 0 Å². The summed E-state index contributed by atoms with van der Waals surface area (Å²) in [7, 11) is 4.94. The van der Waals surface area contributed by atoms with Crippen LogP contribution in [-0.2, 0) is 4.74 Å². The second kappa shape index (κ2) is 5.43. The molecule has 0 amide bonds. The molecular weight excluding hydrogens is 244 g/mol. The molecule has 0 fully saturated rings. The monoisotopic (exact) mass is 258 g/mol. The minimum atomic E-state index is -0.457. The summed E-state index contributed by atoms with van der Waals surface area (Å²) in [5.41, 5.74) is 1.13. The first-order valence-corrected chi connectivity index (χ1v) is 5.66. The van der Waals surface area contributed by atoms with E-state index >= 15 is 0 Å². The van der Waals surface area contributed by atoms with Crippen molar-refractivity contribution in [2.75, 3.05) is 26.1 Å². The van der Waals surface area contributed by atoms with Gasteiger partial charge in [-0.3, -0.25) is 4.98 Å². The summed E-state index contributed by atoms with van der Waals surface area (Å²) in [6.45, 7) is 0. The third kappa shape index (κ3) is 2.67. The van der Waals surface area contributed by atoms with Gasteiger partial charge in [-0.2, -0.15) is 0 Å². The number of esters is 1. The highest BCUT2D eigenvalue weighted by Crippen LogP contribution is 2.20. The fourth-order valence-corrected chi connectivity index (χ4v) is 1.60. The van der Waals surface area contributed by atoms with Crippen molar-refractivity contribution in [3.63, 3.8) is 0 Å². The van der Waals surface area contributed by atoms with Gasteiger partial charge in [0, 0.05) is 38.2 Å². The van der Waals surface area contributed by atoms with Crippen LogP contribution >= 0.6 is 0 Å². The van der Waals surface area contributed by atoms with E-state index in [9.17, 15) is 4.79 Å². The second-order valence-corrected chi connectivity index (χ2v) is 4.06. The molecule has 0 bridgehead atoms. The van der Waals surface area contributed by atoms with Crippen LogP contribution in [0.4, 0.5) is 5.82 Å².